The average molecular weight is 259 g/mol. The largest absolute Gasteiger partial charge is 0.492 e. The highest BCUT2D eigenvalue weighted by Crippen LogP contribution is 2.13. The van der Waals surface area contributed by atoms with E-state index in [1.807, 2.05) is 22.9 Å². The fourth-order valence-electron chi connectivity index (χ4n) is 1.76. The second-order valence-electron chi connectivity index (χ2n) is 4.83. The summed E-state index contributed by atoms with van der Waals surface area (Å²) in [6, 6.07) is 8.71. The third kappa shape index (κ3) is 4.75. The Morgan fingerprint density at radius 3 is 3.00 bits per heavy atom. The summed E-state index contributed by atoms with van der Waals surface area (Å²) >= 11 is 0. The SMILES string of the molecule is CC(C)NCc1cccc(OCCn2ccnc2)c1. The van der Waals surface area contributed by atoms with Crippen LogP contribution in [0.3, 0.4) is 0 Å². The molecule has 0 radical (unpaired) electrons. The number of benzene rings is 1. The molecule has 1 aromatic carbocycles. The van der Waals surface area contributed by atoms with Gasteiger partial charge in [-0.2, -0.15) is 0 Å². The van der Waals surface area contributed by atoms with Gasteiger partial charge in [0.2, 0.25) is 0 Å². The highest BCUT2D eigenvalue weighted by Gasteiger charge is 1.99. The maximum absolute atomic E-state index is 5.75. The molecule has 4 nitrogen and oxygen atoms in total. The molecule has 0 atom stereocenters. The lowest BCUT2D eigenvalue weighted by atomic mass is 10.2. The lowest BCUT2D eigenvalue weighted by molar-refractivity contribution is 0.298. The van der Waals surface area contributed by atoms with Gasteiger partial charge in [0.25, 0.3) is 0 Å². The van der Waals surface area contributed by atoms with Gasteiger partial charge in [-0.3, -0.25) is 0 Å². The Labute approximate surface area is 114 Å². The zero-order chi connectivity index (χ0) is 13.5. The summed E-state index contributed by atoms with van der Waals surface area (Å²) < 4.78 is 7.75. The Bertz CT molecular complexity index is 480. The van der Waals surface area contributed by atoms with Crippen molar-refractivity contribution in [3.8, 4) is 5.75 Å². The number of nitrogens with zero attached hydrogens (tertiary/aromatic N) is 2. The predicted octanol–water partition coefficient (Wildman–Crippen LogP) is 2.46. The van der Waals surface area contributed by atoms with E-state index in [1.165, 1.54) is 5.56 Å². The van der Waals surface area contributed by atoms with Crippen molar-refractivity contribution in [3.05, 3.63) is 48.5 Å². The molecule has 2 aromatic rings. The maximum atomic E-state index is 5.75. The molecule has 0 saturated heterocycles. The van der Waals surface area contributed by atoms with Gasteiger partial charge in [0.05, 0.1) is 12.9 Å². The standard InChI is InChI=1S/C15H21N3O/c1-13(2)17-11-14-4-3-5-15(10-14)19-9-8-18-7-6-16-12-18/h3-7,10,12-13,17H,8-9,11H2,1-2H3. The first-order valence-corrected chi connectivity index (χ1v) is 6.65. The monoisotopic (exact) mass is 259 g/mol. The van der Waals surface area contributed by atoms with Crippen molar-refractivity contribution in [1.29, 1.82) is 0 Å². The number of imidazole rings is 1. The second-order valence-corrected chi connectivity index (χ2v) is 4.83. The molecular weight excluding hydrogens is 238 g/mol. The topological polar surface area (TPSA) is 39.1 Å². The van der Waals surface area contributed by atoms with E-state index in [0.717, 1.165) is 18.8 Å². The van der Waals surface area contributed by atoms with Crippen LogP contribution in [0.25, 0.3) is 0 Å². The Balaban J connectivity index is 1.81. The molecule has 1 aromatic heterocycles. The summed E-state index contributed by atoms with van der Waals surface area (Å²) in [4.78, 5) is 4.00. The summed E-state index contributed by atoms with van der Waals surface area (Å²) in [5.41, 5.74) is 1.24. The molecule has 0 unspecified atom stereocenters. The first-order chi connectivity index (χ1) is 9.24. The molecule has 102 valence electrons. The first-order valence-electron chi connectivity index (χ1n) is 6.65. The van der Waals surface area contributed by atoms with E-state index < -0.39 is 0 Å². The number of ether oxygens (including phenoxy) is 1. The van der Waals surface area contributed by atoms with E-state index in [-0.39, 0.29) is 0 Å². The molecule has 1 N–H and O–H groups in total. The molecule has 0 bridgehead atoms. The minimum Gasteiger partial charge on any atom is -0.492 e. The number of hydrogen-bond acceptors (Lipinski definition) is 3. The Morgan fingerprint density at radius 1 is 1.37 bits per heavy atom. The minimum absolute atomic E-state index is 0.491. The van der Waals surface area contributed by atoms with Crippen molar-refractivity contribution >= 4 is 0 Å². The molecule has 0 amide bonds. The fourth-order valence-corrected chi connectivity index (χ4v) is 1.76. The highest BCUT2D eigenvalue weighted by atomic mass is 16.5. The number of nitrogens with one attached hydrogen (secondary N) is 1. The van der Waals surface area contributed by atoms with Crippen molar-refractivity contribution in [2.45, 2.75) is 33.0 Å². The van der Waals surface area contributed by atoms with Gasteiger partial charge in [-0.25, -0.2) is 4.98 Å². The third-order valence-electron chi connectivity index (χ3n) is 2.79. The summed E-state index contributed by atoms with van der Waals surface area (Å²) in [5, 5.41) is 3.40. The average Bonchev–Trinajstić information content (AvgIpc) is 2.90. The third-order valence-corrected chi connectivity index (χ3v) is 2.79. The molecule has 4 heteroatoms. The van der Waals surface area contributed by atoms with E-state index in [1.54, 1.807) is 12.5 Å². The van der Waals surface area contributed by atoms with Gasteiger partial charge in [0.15, 0.2) is 0 Å². The Kier molecular flexibility index (Phi) is 4.98. The van der Waals surface area contributed by atoms with E-state index in [2.05, 4.69) is 36.3 Å². The fraction of sp³-hybridized carbons (Fsp3) is 0.400. The van der Waals surface area contributed by atoms with Crippen molar-refractivity contribution in [3.63, 3.8) is 0 Å². The smallest absolute Gasteiger partial charge is 0.119 e. The molecular formula is C15H21N3O. The molecule has 0 saturated carbocycles. The highest BCUT2D eigenvalue weighted by molar-refractivity contribution is 5.28. The number of aromatic nitrogens is 2. The van der Waals surface area contributed by atoms with Crippen molar-refractivity contribution in [2.75, 3.05) is 6.61 Å². The zero-order valence-corrected chi connectivity index (χ0v) is 11.5. The van der Waals surface area contributed by atoms with E-state index in [0.29, 0.717) is 12.6 Å². The zero-order valence-electron chi connectivity index (χ0n) is 11.5. The van der Waals surface area contributed by atoms with Crippen LogP contribution in [0, 0.1) is 0 Å². The number of hydrogen-bond donors (Lipinski definition) is 1. The number of rotatable bonds is 7. The summed E-state index contributed by atoms with van der Waals surface area (Å²) in [6.07, 6.45) is 5.51. The van der Waals surface area contributed by atoms with Crippen LogP contribution in [0.2, 0.25) is 0 Å². The maximum Gasteiger partial charge on any atom is 0.119 e. The van der Waals surface area contributed by atoms with E-state index in [4.69, 9.17) is 4.74 Å². The second kappa shape index (κ2) is 6.95. The van der Waals surface area contributed by atoms with Crippen LogP contribution in [0.4, 0.5) is 0 Å². The van der Waals surface area contributed by atoms with Crippen LogP contribution in [0.1, 0.15) is 19.4 Å². The van der Waals surface area contributed by atoms with Crippen LogP contribution in [0.15, 0.2) is 43.0 Å². The molecule has 19 heavy (non-hydrogen) atoms. The van der Waals surface area contributed by atoms with Gasteiger partial charge in [-0.1, -0.05) is 26.0 Å². The Hall–Kier alpha value is -1.81. The predicted molar refractivity (Wildman–Crippen MR) is 76.1 cm³/mol. The molecule has 2 rings (SSSR count). The normalized spacial score (nSPS) is 10.9. The Morgan fingerprint density at radius 2 is 2.26 bits per heavy atom. The minimum atomic E-state index is 0.491. The molecule has 0 aliphatic rings. The van der Waals surface area contributed by atoms with Gasteiger partial charge in [0, 0.05) is 25.0 Å². The molecule has 1 heterocycles. The van der Waals surface area contributed by atoms with E-state index in [9.17, 15) is 0 Å². The lowest BCUT2D eigenvalue weighted by Crippen LogP contribution is -2.21. The van der Waals surface area contributed by atoms with Gasteiger partial charge in [-0.05, 0) is 17.7 Å². The van der Waals surface area contributed by atoms with Crippen molar-refractivity contribution in [2.24, 2.45) is 0 Å². The van der Waals surface area contributed by atoms with Crippen LogP contribution in [-0.2, 0) is 13.1 Å². The van der Waals surface area contributed by atoms with Gasteiger partial charge >= 0.3 is 0 Å². The van der Waals surface area contributed by atoms with Gasteiger partial charge < -0.3 is 14.6 Å². The van der Waals surface area contributed by atoms with Gasteiger partial charge in [-0.15, -0.1) is 0 Å². The van der Waals surface area contributed by atoms with Crippen LogP contribution >= 0.6 is 0 Å². The van der Waals surface area contributed by atoms with Crippen molar-refractivity contribution < 1.29 is 4.74 Å². The van der Waals surface area contributed by atoms with Crippen LogP contribution in [-0.4, -0.2) is 22.2 Å². The van der Waals surface area contributed by atoms with Gasteiger partial charge in [0.1, 0.15) is 12.4 Å². The van der Waals surface area contributed by atoms with Crippen LogP contribution in [0.5, 0.6) is 5.75 Å². The molecule has 0 spiro atoms. The lowest BCUT2D eigenvalue weighted by Gasteiger charge is -2.10. The summed E-state index contributed by atoms with van der Waals surface area (Å²) in [5.74, 6) is 0.920. The van der Waals surface area contributed by atoms with Crippen LogP contribution < -0.4 is 10.1 Å². The van der Waals surface area contributed by atoms with E-state index >= 15 is 0 Å². The molecule has 0 fully saturated rings. The summed E-state index contributed by atoms with van der Waals surface area (Å²) in [6.45, 7) is 6.62. The van der Waals surface area contributed by atoms with Crippen molar-refractivity contribution in [1.82, 2.24) is 14.9 Å². The molecule has 0 aliphatic heterocycles. The molecule has 0 aliphatic carbocycles. The first kappa shape index (κ1) is 13.6. The quantitative estimate of drug-likeness (QED) is 0.830. The summed E-state index contributed by atoms with van der Waals surface area (Å²) in [7, 11) is 0.